The van der Waals surface area contributed by atoms with Gasteiger partial charge in [0.05, 0.1) is 0 Å². The maximum absolute atomic E-state index is 5.48. The Morgan fingerprint density at radius 3 is 1.69 bits per heavy atom. The van der Waals surface area contributed by atoms with Crippen molar-refractivity contribution in [1.82, 2.24) is 4.90 Å². The molecule has 3 nitrogen and oxygen atoms in total. The lowest BCUT2D eigenvalue weighted by atomic mass is 10.2. The average molecular weight is 187 g/mol. The second-order valence-corrected chi connectivity index (χ2v) is 3.48. The van der Waals surface area contributed by atoms with Crippen LogP contribution in [0.1, 0.15) is 32.6 Å². The maximum atomic E-state index is 5.48. The van der Waals surface area contributed by atoms with Gasteiger partial charge in [-0.05, 0) is 52.0 Å². The van der Waals surface area contributed by atoms with Crippen LogP contribution in [0.2, 0.25) is 0 Å². The number of hydrogen-bond donors (Lipinski definition) is 2. The standard InChI is InChI=1S/C10H25N3/c1-2-3-8-13(9-4-6-11)10-5-7-12/h2-12H2,1H3. The van der Waals surface area contributed by atoms with Crippen LogP contribution in [0.5, 0.6) is 0 Å². The van der Waals surface area contributed by atoms with E-state index >= 15 is 0 Å². The molecule has 0 atom stereocenters. The summed E-state index contributed by atoms with van der Waals surface area (Å²) in [6.07, 6.45) is 4.76. The van der Waals surface area contributed by atoms with Gasteiger partial charge in [-0.2, -0.15) is 0 Å². The second-order valence-electron chi connectivity index (χ2n) is 3.48. The van der Waals surface area contributed by atoms with Gasteiger partial charge in [0.2, 0.25) is 0 Å². The molecule has 0 aromatic heterocycles. The van der Waals surface area contributed by atoms with E-state index in [2.05, 4.69) is 11.8 Å². The molecule has 0 spiro atoms. The summed E-state index contributed by atoms with van der Waals surface area (Å²) >= 11 is 0. The van der Waals surface area contributed by atoms with Gasteiger partial charge < -0.3 is 16.4 Å². The van der Waals surface area contributed by atoms with Crippen molar-refractivity contribution in [3.63, 3.8) is 0 Å². The number of hydrogen-bond acceptors (Lipinski definition) is 3. The summed E-state index contributed by atoms with van der Waals surface area (Å²) in [7, 11) is 0. The Bertz CT molecular complexity index is 77.2. The third kappa shape index (κ3) is 8.22. The first-order valence-electron chi connectivity index (χ1n) is 5.47. The van der Waals surface area contributed by atoms with Crippen molar-refractivity contribution >= 4 is 0 Å². The summed E-state index contributed by atoms with van der Waals surface area (Å²) in [5, 5.41) is 0. The summed E-state index contributed by atoms with van der Waals surface area (Å²) in [6.45, 7) is 7.30. The Morgan fingerprint density at radius 2 is 1.31 bits per heavy atom. The van der Waals surface area contributed by atoms with Crippen molar-refractivity contribution in [3.05, 3.63) is 0 Å². The number of rotatable bonds is 9. The molecule has 3 heteroatoms. The van der Waals surface area contributed by atoms with E-state index in [1.54, 1.807) is 0 Å². The van der Waals surface area contributed by atoms with Gasteiger partial charge in [0, 0.05) is 0 Å². The molecule has 0 aliphatic rings. The fraction of sp³-hybridized carbons (Fsp3) is 1.00. The molecule has 0 heterocycles. The molecule has 0 saturated heterocycles. The highest BCUT2D eigenvalue weighted by molar-refractivity contribution is 4.58. The average Bonchev–Trinajstić information content (AvgIpc) is 2.17. The first-order valence-corrected chi connectivity index (χ1v) is 5.47. The van der Waals surface area contributed by atoms with Gasteiger partial charge in [0.25, 0.3) is 0 Å². The monoisotopic (exact) mass is 187 g/mol. The Kier molecular flexibility index (Phi) is 9.87. The van der Waals surface area contributed by atoms with Crippen LogP contribution in [-0.2, 0) is 0 Å². The zero-order valence-corrected chi connectivity index (χ0v) is 8.97. The van der Waals surface area contributed by atoms with Crippen LogP contribution in [-0.4, -0.2) is 37.6 Å². The zero-order valence-electron chi connectivity index (χ0n) is 8.97. The second kappa shape index (κ2) is 9.96. The zero-order chi connectivity index (χ0) is 9.94. The van der Waals surface area contributed by atoms with Crippen molar-refractivity contribution in [2.24, 2.45) is 11.5 Å². The van der Waals surface area contributed by atoms with Crippen molar-refractivity contribution in [3.8, 4) is 0 Å². The fourth-order valence-corrected chi connectivity index (χ4v) is 1.35. The van der Waals surface area contributed by atoms with Crippen molar-refractivity contribution in [2.45, 2.75) is 32.6 Å². The van der Waals surface area contributed by atoms with Crippen molar-refractivity contribution in [2.75, 3.05) is 32.7 Å². The first-order chi connectivity index (χ1) is 6.35. The molecule has 0 bridgehead atoms. The van der Waals surface area contributed by atoms with Crippen LogP contribution >= 0.6 is 0 Å². The minimum Gasteiger partial charge on any atom is -0.330 e. The Labute approximate surface area is 82.5 Å². The molecule has 0 fully saturated rings. The van der Waals surface area contributed by atoms with Crippen LogP contribution in [0, 0.1) is 0 Å². The van der Waals surface area contributed by atoms with Crippen molar-refractivity contribution in [1.29, 1.82) is 0 Å². The highest BCUT2D eigenvalue weighted by Crippen LogP contribution is 1.97. The lowest BCUT2D eigenvalue weighted by Gasteiger charge is -2.21. The largest absolute Gasteiger partial charge is 0.330 e. The van der Waals surface area contributed by atoms with Gasteiger partial charge in [0.15, 0.2) is 0 Å². The third-order valence-corrected chi connectivity index (χ3v) is 2.18. The van der Waals surface area contributed by atoms with Gasteiger partial charge in [-0.15, -0.1) is 0 Å². The summed E-state index contributed by atoms with van der Waals surface area (Å²) in [4.78, 5) is 2.48. The SMILES string of the molecule is CCCCN(CCCN)CCCN. The van der Waals surface area contributed by atoms with Crippen molar-refractivity contribution < 1.29 is 0 Å². The van der Waals surface area contributed by atoms with E-state index < -0.39 is 0 Å². The minimum absolute atomic E-state index is 0.797. The van der Waals surface area contributed by atoms with Crippen LogP contribution in [0.25, 0.3) is 0 Å². The highest BCUT2D eigenvalue weighted by Gasteiger charge is 2.01. The van der Waals surface area contributed by atoms with E-state index in [9.17, 15) is 0 Å². The number of nitrogens with zero attached hydrogens (tertiary/aromatic N) is 1. The lowest BCUT2D eigenvalue weighted by molar-refractivity contribution is 0.266. The molecule has 0 aromatic rings. The predicted octanol–water partition coefficient (Wildman–Crippen LogP) is 0.786. The topological polar surface area (TPSA) is 55.3 Å². The quantitative estimate of drug-likeness (QED) is 0.561. The normalized spacial score (nSPS) is 11.1. The van der Waals surface area contributed by atoms with Gasteiger partial charge in [0.1, 0.15) is 0 Å². The molecule has 0 amide bonds. The van der Waals surface area contributed by atoms with E-state index in [0.717, 1.165) is 39.0 Å². The van der Waals surface area contributed by atoms with E-state index in [-0.39, 0.29) is 0 Å². The van der Waals surface area contributed by atoms with E-state index in [0.29, 0.717) is 0 Å². The molecule has 0 aromatic carbocycles. The van der Waals surface area contributed by atoms with Gasteiger partial charge in [-0.3, -0.25) is 0 Å². The van der Waals surface area contributed by atoms with E-state index in [1.165, 1.54) is 19.4 Å². The molecular weight excluding hydrogens is 162 g/mol. The van der Waals surface area contributed by atoms with E-state index in [1.807, 2.05) is 0 Å². The first kappa shape index (κ1) is 12.9. The summed E-state index contributed by atoms with van der Waals surface area (Å²) in [5.41, 5.74) is 11.0. The third-order valence-electron chi connectivity index (χ3n) is 2.18. The van der Waals surface area contributed by atoms with Crippen LogP contribution < -0.4 is 11.5 Å². The van der Waals surface area contributed by atoms with Gasteiger partial charge in [-0.1, -0.05) is 13.3 Å². The lowest BCUT2D eigenvalue weighted by Crippen LogP contribution is -2.29. The summed E-state index contributed by atoms with van der Waals surface area (Å²) in [6, 6.07) is 0. The van der Waals surface area contributed by atoms with Gasteiger partial charge >= 0.3 is 0 Å². The number of nitrogens with two attached hydrogens (primary N) is 2. The van der Waals surface area contributed by atoms with Crippen LogP contribution in [0.3, 0.4) is 0 Å². The predicted molar refractivity (Wildman–Crippen MR) is 58.7 cm³/mol. The maximum Gasteiger partial charge on any atom is -0.000671 e. The molecule has 0 aliphatic carbocycles. The Balaban J connectivity index is 3.47. The van der Waals surface area contributed by atoms with Crippen LogP contribution in [0.4, 0.5) is 0 Å². The molecule has 0 rings (SSSR count). The number of unbranched alkanes of at least 4 members (excludes halogenated alkanes) is 1. The van der Waals surface area contributed by atoms with E-state index in [4.69, 9.17) is 11.5 Å². The smallest absolute Gasteiger partial charge is 0.000671 e. The summed E-state index contributed by atoms with van der Waals surface area (Å²) in [5.74, 6) is 0. The molecule has 0 aliphatic heterocycles. The molecule has 4 N–H and O–H groups in total. The Hall–Kier alpha value is -0.120. The van der Waals surface area contributed by atoms with Crippen LogP contribution in [0.15, 0.2) is 0 Å². The summed E-state index contributed by atoms with van der Waals surface area (Å²) < 4.78 is 0. The molecule has 13 heavy (non-hydrogen) atoms. The molecule has 80 valence electrons. The molecule has 0 radical (unpaired) electrons. The molecular formula is C10H25N3. The fourth-order valence-electron chi connectivity index (χ4n) is 1.35. The highest BCUT2D eigenvalue weighted by atomic mass is 15.1. The Morgan fingerprint density at radius 1 is 0.846 bits per heavy atom. The van der Waals surface area contributed by atoms with Gasteiger partial charge in [-0.25, -0.2) is 0 Å². The molecule has 0 saturated carbocycles. The molecule has 0 unspecified atom stereocenters. The minimum atomic E-state index is 0.797.